The summed E-state index contributed by atoms with van der Waals surface area (Å²) in [6, 6.07) is 13.9. The molecule has 0 aliphatic rings. The van der Waals surface area contributed by atoms with Crippen LogP contribution in [0.3, 0.4) is 0 Å². The fourth-order valence-corrected chi connectivity index (χ4v) is 2.65. The number of thiocarbonyl (C=S) groups is 1. The van der Waals surface area contributed by atoms with E-state index in [1.165, 1.54) is 18.2 Å². The number of aryl methyl sites for hydroxylation is 1. The largest absolute Gasteiger partial charge is 0.331 e. The van der Waals surface area contributed by atoms with E-state index in [1.807, 2.05) is 30.3 Å². The molecule has 0 saturated heterocycles. The van der Waals surface area contributed by atoms with Crippen molar-refractivity contribution in [2.45, 2.75) is 12.8 Å². The number of amides is 1. The van der Waals surface area contributed by atoms with Crippen LogP contribution in [0, 0.1) is 10.1 Å². The number of nitrogens with one attached hydrogen (secondary N) is 2. The van der Waals surface area contributed by atoms with E-state index in [1.54, 1.807) is 0 Å². The summed E-state index contributed by atoms with van der Waals surface area (Å²) in [5.41, 5.74) is 1.57. The SMILES string of the molecule is O=C(CCc1ccccc1)NC(=S)Nc1ccc([N+](=O)[O-])cc1Br. The molecule has 0 heterocycles. The maximum Gasteiger partial charge on any atom is 0.270 e. The molecule has 1 amide bonds. The molecular weight excluding hydrogens is 394 g/mol. The van der Waals surface area contributed by atoms with Gasteiger partial charge in [0.05, 0.1) is 10.6 Å². The van der Waals surface area contributed by atoms with Crippen molar-refractivity contribution >= 4 is 50.5 Å². The average molecular weight is 408 g/mol. The summed E-state index contributed by atoms with van der Waals surface area (Å²) >= 11 is 8.32. The molecule has 0 bridgehead atoms. The zero-order chi connectivity index (χ0) is 17.5. The number of benzene rings is 2. The van der Waals surface area contributed by atoms with Crippen LogP contribution in [0.2, 0.25) is 0 Å². The van der Waals surface area contributed by atoms with Crippen LogP contribution in [0.5, 0.6) is 0 Å². The standard InChI is InChI=1S/C16H14BrN3O3S/c17-13-10-12(20(22)23)7-8-14(13)18-16(24)19-15(21)9-6-11-4-2-1-3-5-11/h1-5,7-8,10H,6,9H2,(H2,18,19,21,24). The maximum absolute atomic E-state index is 11.9. The van der Waals surface area contributed by atoms with Crippen LogP contribution < -0.4 is 10.6 Å². The Morgan fingerprint density at radius 1 is 1.21 bits per heavy atom. The van der Waals surface area contributed by atoms with Gasteiger partial charge in [0.2, 0.25) is 5.91 Å². The van der Waals surface area contributed by atoms with E-state index in [-0.39, 0.29) is 16.7 Å². The van der Waals surface area contributed by atoms with Gasteiger partial charge in [-0.15, -0.1) is 0 Å². The zero-order valence-corrected chi connectivity index (χ0v) is 14.9. The van der Waals surface area contributed by atoms with E-state index < -0.39 is 4.92 Å². The number of hydrogen-bond acceptors (Lipinski definition) is 4. The van der Waals surface area contributed by atoms with E-state index in [2.05, 4.69) is 26.6 Å². The molecule has 0 saturated carbocycles. The number of hydrogen-bond donors (Lipinski definition) is 2. The van der Waals surface area contributed by atoms with E-state index in [9.17, 15) is 14.9 Å². The van der Waals surface area contributed by atoms with Crippen LogP contribution in [0.1, 0.15) is 12.0 Å². The van der Waals surface area contributed by atoms with E-state index in [4.69, 9.17) is 12.2 Å². The van der Waals surface area contributed by atoms with Gasteiger partial charge in [0.1, 0.15) is 0 Å². The number of carbonyl (C=O) groups is 1. The number of nitro benzene ring substituents is 1. The van der Waals surface area contributed by atoms with Gasteiger partial charge in [-0.3, -0.25) is 14.9 Å². The fourth-order valence-electron chi connectivity index (χ4n) is 1.96. The number of non-ortho nitro benzene ring substituents is 1. The van der Waals surface area contributed by atoms with Gasteiger partial charge in [-0.05, 0) is 46.2 Å². The van der Waals surface area contributed by atoms with Crippen molar-refractivity contribution in [1.82, 2.24) is 5.32 Å². The van der Waals surface area contributed by atoms with Gasteiger partial charge in [0.25, 0.3) is 5.69 Å². The monoisotopic (exact) mass is 407 g/mol. The molecule has 24 heavy (non-hydrogen) atoms. The van der Waals surface area contributed by atoms with Crippen LogP contribution >= 0.6 is 28.1 Å². The summed E-state index contributed by atoms with van der Waals surface area (Å²) in [5, 5.41) is 16.3. The molecule has 2 aromatic carbocycles. The van der Waals surface area contributed by atoms with Gasteiger partial charge in [-0.2, -0.15) is 0 Å². The molecule has 0 aliphatic heterocycles. The number of carbonyl (C=O) groups excluding carboxylic acids is 1. The molecule has 0 spiro atoms. The molecule has 2 aromatic rings. The Hall–Kier alpha value is -2.32. The minimum Gasteiger partial charge on any atom is -0.331 e. The van der Waals surface area contributed by atoms with Crippen molar-refractivity contribution in [2.75, 3.05) is 5.32 Å². The molecule has 0 atom stereocenters. The predicted molar refractivity (Wildman–Crippen MR) is 99.9 cm³/mol. The summed E-state index contributed by atoms with van der Waals surface area (Å²) < 4.78 is 0.484. The highest BCUT2D eigenvalue weighted by Crippen LogP contribution is 2.26. The summed E-state index contributed by atoms with van der Waals surface area (Å²) in [4.78, 5) is 22.1. The molecule has 0 fully saturated rings. The Bertz CT molecular complexity index is 768. The summed E-state index contributed by atoms with van der Waals surface area (Å²) in [5.74, 6) is -0.200. The molecule has 2 rings (SSSR count). The van der Waals surface area contributed by atoms with Crippen molar-refractivity contribution < 1.29 is 9.72 Å². The second-order valence-corrected chi connectivity index (χ2v) is 6.17. The average Bonchev–Trinajstić information content (AvgIpc) is 2.55. The Labute approximate surface area is 152 Å². The first kappa shape index (κ1) is 18.0. The first-order chi connectivity index (χ1) is 11.5. The van der Waals surface area contributed by atoms with Gasteiger partial charge in [0.15, 0.2) is 5.11 Å². The second kappa shape index (κ2) is 8.51. The number of anilines is 1. The third-order valence-electron chi connectivity index (χ3n) is 3.15. The third-order valence-corrected chi connectivity index (χ3v) is 4.01. The van der Waals surface area contributed by atoms with Crippen LogP contribution in [-0.4, -0.2) is 15.9 Å². The minimum atomic E-state index is -0.488. The summed E-state index contributed by atoms with van der Waals surface area (Å²) in [7, 11) is 0. The third kappa shape index (κ3) is 5.39. The maximum atomic E-state index is 11.9. The Balaban J connectivity index is 1.86. The smallest absolute Gasteiger partial charge is 0.270 e. The highest BCUT2D eigenvalue weighted by Gasteiger charge is 2.11. The number of nitrogens with zero attached hydrogens (tertiary/aromatic N) is 1. The second-order valence-electron chi connectivity index (χ2n) is 4.91. The molecule has 0 radical (unpaired) electrons. The Morgan fingerprint density at radius 3 is 2.54 bits per heavy atom. The molecule has 0 aromatic heterocycles. The van der Waals surface area contributed by atoms with Gasteiger partial charge in [0, 0.05) is 23.0 Å². The summed E-state index contributed by atoms with van der Waals surface area (Å²) in [6.45, 7) is 0. The first-order valence-electron chi connectivity index (χ1n) is 7.04. The van der Waals surface area contributed by atoms with E-state index in [0.717, 1.165) is 5.56 Å². The molecule has 0 aliphatic carbocycles. The van der Waals surface area contributed by atoms with Crippen LogP contribution in [0.4, 0.5) is 11.4 Å². The molecular formula is C16H14BrN3O3S. The lowest BCUT2D eigenvalue weighted by Gasteiger charge is -2.11. The normalized spacial score (nSPS) is 10.0. The predicted octanol–water partition coefficient (Wildman–Crippen LogP) is 3.80. The lowest BCUT2D eigenvalue weighted by molar-refractivity contribution is -0.384. The minimum absolute atomic E-state index is 0.0368. The highest BCUT2D eigenvalue weighted by atomic mass is 79.9. The quantitative estimate of drug-likeness (QED) is 0.447. The van der Waals surface area contributed by atoms with Crippen LogP contribution in [-0.2, 0) is 11.2 Å². The zero-order valence-electron chi connectivity index (χ0n) is 12.5. The first-order valence-corrected chi connectivity index (χ1v) is 8.24. The van der Waals surface area contributed by atoms with Gasteiger partial charge in [-0.1, -0.05) is 30.3 Å². The highest BCUT2D eigenvalue weighted by molar-refractivity contribution is 9.10. The number of rotatable bonds is 5. The molecule has 124 valence electrons. The van der Waals surface area contributed by atoms with Gasteiger partial charge < -0.3 is 10.6 Å². The molecule has 0 unspecified atom stereocenters. The summed E-state index contributed by atoms with van der Waals surface area (Å²) in [6.07, 6.45) is 0.934. The van der Waals surface area contributed by atoms with Crippen molar-refractivity contribution in [3.05, 3.63) is 68.7 Å². The Morgan fingerprint density at radius 2 is 1.92 bits per heavy atom. The van der Waals surface area contributed by atoms with Gasteiger partial charge >= 0.3 is 0 Å². The number of nitro groups is 1. The molecule has 2 N–H and O–H groups in total. The van der Waals surface area contributed by atoms with Crippen molar-refractivity contribution in [2.24, 2.45) is 0 Å². The van der Waals surface area contributed by atoms with Crippen molar-refractivity contribution in [3.63, 3.8) is 0 Å². The molecule has 8 heteroatoms. The van der Waals surface area contributed by atoms with Crippen LogP contribution in [0.15, 0.2) is 53.0 Å². The van der Waals surface area contributed by atoms with Crippen LogP contribution in [0.25, 0.3) is 0 Å². The van der Waals surface area contributed by atoms with Crippen molar-refractivity contribution in [1.29, 1.82) is 0 Å². The molecule has 6 nitrogen and oxygen atoms in total. The topological polar surface area (TPSA) is 84.3 Å². The lowest BCUT2D eigenvalue weighted by atomic mass is 10.1. The van der Waals surface area contributed by atoms with E-state index in [0.29, 0.717) is 23.0 Å². The fraction of sp³-hybridized carbons (Fsp3) is 0.125. The van der Waals surface area contributed by atoms with Gasteiger partial charge in [-0.25, -0.2) is 0 Å². The van der Waals surface area contributed by atoms with Crippen molar-refractivity contribution in [3.8, 4) is 0 Å². The Kier molecular flexibility index (Phi) is 6.39. The lowest BCUT2D eigenvalue weighted by Crippen LogP contribution is -2.34. The van der Waals surface area contributed by atoms with E-state index >= 15 is 0 Å². The number of halogens is 1.